The maximum absolute atomic E-state index is 10.6. The first kappa shape index (κ1) is 5.69. The van der Waals surface area contributed by atoms with Crippen LogP contribution in [0.15, 0.2) is 0 Å². The Balaban J connectivity index is 2.22. The molecule has 0 atom stereocenters. The smallest absolute Gasteiger partial charge is 0.228 e. The molecule has 0 unspecified atom stereocenters. The largest absolute Gasteiger partial charge is 0.314 e. The first-order chi connectivity index (χ1) is 3.84. The summed E-state index contributed by atoms with van der Waals surface area (Å²) in [5.74, 6) is 0.269. The van der Waals surface area contributed by atoms with Crippen LogP contribution < -0.4 is 5.32 Å². The average Bonchev–Trinajstić information content (AvgIpc) is 2.45. The van der Waals surface area contributed by atoms with Crippen molar-refractivity contribution in [3.63, 3.8) is 0 Å². The molecule has 0 aliphatic heterocycles. The van der Waals surface area contributed by atoms with Gasteiger partial charge in [0.15, 0.2) is 0 Å². The third-order valence-corrected chi connectivity index (χ3v) is 1.22. The fourth-order valence-electron chi connectivity index (χ4n) is 0.498. The van der Waals surface area contributed by atoms with Crippen molar-refractivity contribution in [1.82, 2.24) is 5.32 Å². The molecule has 1 aliphatic rings. The maximum Gasteiger partial charge on any atom is 0.228 e. The Labute approximate surface area is 53.3 Å². The predicted octanol–water partition coefficient (Wildman–Crippen LogP) is 0.347. The standard InChI is InChI=1S/C5H6NOS/c7-5(6-3-8)4-1-2-4/h4H,1-2H2,(H,6,7,8). The summed E-state index contributed by atoms with van der Waals surface area (Å²) in [5.41, 5.74) is 2.17. The van der Waals surface area contributed by atoms with E-state index in [-0.39, 0.29) is 11.8 Å². The molecule has 2 nitrogen and oxygen atoms in total. The van der Waals surface area contributed by atoms with Gasteiger partial charge in [-0.05, 0) is 12.8 Å². The van der Waals surface area contributed by atoms with Crippen molar-refractivity contribution in [2.75, 3.05) is 0 Å². The van der Waals surface area contributed by atoms with E-state index in [4.69, 9.17) is 0 Å². The number of nitrogens with one attached hydrogen (secondary N) is 1. The first-order valence-electron chi connectivity index (χ1n) is 2.51. The van der Waals surface area contributed by atoms with Crippen molar-refractivity contribution >= 4 is 23.6 Å². The van der Waals surface area contributed by atoms with Crippen LogP contribution in [0, 0.1) is 5.92 Å². The fourth-order valence-corrected chi connectivity index (χ4v) is 0.598. The van der Waals surface area contributed by atoms with Crippen LogP contribution in [-0.4, -0.2) is 11.4 Å². The van der Waals surface area contributed by atoms with Gasteiger partial charge in [-0.2, -0.15) is 0 Å². The zero-order valence-corrected chi connectivity index (χ0v) is 5.12. The summed E-state index contributed by atoms with van der Waals surface area (Å²) < 4.78 is 0. The molecule has 8 heavy (non-hydrogen) atoms. The van der Waals surface area contributed by atoms with Gasteiger partial charge in [-0.15, -0.1) is 0 Å². The summed E-state index contributed by atoms with van der Waals surface area (Å²) in [5, 5.41) is 2.33. The Morgan fingerprint density at radius 3 is 2.75 bits per heavy atom. The van der Waals surface area contributed by atoms with Gasteiger partial charge in [-0.1, -0.05) is 12.2 Å². The topological polar surface area (TPSA) is 29.1 Å². The lowest BCUT2D eigenvalue weighted by Crippen LogP contribution is -2.21. The van der Waals surface area contributed by atoms with E-state index in [0.717, 1.165) is 12.8 Å². The van der Waals surface area contributed by atoms with Crippen LogP contribution in [0.5, 0.6) is 0 Å². The molecule has 0 aromatic heterocycles. The van der Waals surface area contributed by atoms with Crippen molar-refractivity contribution in [2.45, 2.75) is 12.8 Å². The average molecular weight is 128 g/mol. The summed E-state index contributed by atoms with van der Waals surface area (Å²) in [6.45, 7) is 0. The Hall–Kier alpha value is -0.440. The molecule has 1 radical (unpaired) electrons. The third kappa shape index (κ3) is 1.26. The molecule has 0 spiro atoms. The van der Waals surface area contributed by atoms with Gasteiger partial charge in [0.05, 0.1) is 0 Å². The van der Waals surface area contributed by atoms with Gasteiger partial charge >= 0.3 is 0 Å². The number of thiocarbonyl (C=S) groups is 1. The highest BCUT2D eigenvalue weighted by Gasteiger charge is 2.28. The highest BCUT2D eigenvalue weighted by Crippen LogP contribution is 2.28. The van der Waals surface area contributed by atoms with Crippen LogP contribution in [0.4, 0.5) is 0 Å². The van der Waals surface area contributed by atoms with Crippen LogP contribution in [0.1, 0.15) is 12.8 Å². The zero-order chi connectivity index (χ0) is 5.98. The highest BCUT2D eigenvalue weighted by molar-refractivity contribution is 7.78. The number of carbonyl (C=O) groups is 1. The summed E-state index contributed by atoms with van der Waals surface area (Å²) in [4.78, 5) is 10.6. The van der Waals surface area contributed by atoms with Gasteiger partial charge < -0.3 is 5.32 Å². The van der Waals surface area contributed by atoms with Gasteiger partial charge in [-0.3, -0.25) is 4.79 Å². The molecule has 0 saturated heterocycles. The SMILES string of the molecule is O=C(N[C]=S)C1CC1. The molecule has 1 amide bonds. The molecule has 0 bridgehead atoms. The monoisotopic (exact) mass is 128 g/mol. The predicted molar refractivity (Wildman–Crippen MR) is 33.5 cm³/mol. The van der Waals surface area contributed by atoms with Gasteiger partial charge in [0.25, 0.3) is 0 Å². The van der Waals surface area contributed by atoms with E-state index < -0.39 is 0 Å². The minimum atomic E-state index is 0.0278. The number of amides is 1. The van der Waals surface area contributed by atoms with Crippen molar-refractivity contribution in [2.24, 2.45) is 5.92 Å². The third-order valence-electron chi connectivity index (χ3n) is 1.12. The van der Waals surface area contributed by atoms with Gasteiger partial charge in [0.1, 0.15) is 5.49 Å². The lowest BCUT2D eigenvalue weighted by Gasteiger charge is -1.89. The quantitative estimate of drug-likeness (QED) is 0.429. The lowest BCUT2D eigenvalue weighted by atomic mass is 10.4. The van der Waals surface area contributed by atoms with E-state index in [2.05, 4.69) is 23.0 Å². The van der Waals surface area contributed by atoms with E-state index in [0.29, 0.717) is 0 Å². The minimum Gasteiger partial charge on any atom is -0.314 e. The number of hydrogen-bond donors (Lipinski definition) is 1. The van der Waals surface area contributed by atoms with Crippen molar-refractivity contribution in [1.29, 1.82) is 0 Å². The van der Waals surface area contributed by atoms with E-state index in [1.165, 1.54) is 0 Å². The van der Waals surface area contributed by atoms with Crippen molar-refractivity contribution in [3.8, 4) is 0 Å². The summed E-state index contributed by atoms with van der Waals surface area (Å²) in [7, 11) is 0. The second kappa shape index (κ2) is 2.22. The van der Waals surface area contributed by atoms with E-state index in [1.54, 1.807) is 0 Å². The molecular formula is C5H6NOS. The first-order valence-corrected chi connectivity index (χ1v) is 2.92. The molecule has 1 rings (SSSR count). The van der Waals surface area contributed by atoms with Gasteiger partial charge in [0, 0.05) is 5.92 Å². The van der Waals surface area contributed by atoms with Gasteiger partial charge in [0.2, 0.25) is 5.91 Å². The molecule has 43 valence electrons. The summed E-state index contributed by atoms with van der Waals surface area (Å²) >= 11 is 4.29. The Morgan fingerprint density at radius 1 is 1.75 bits per heavy atom. The van der Waals surface area contributed by atoms with E-state index >= 15 is 0 Å². The van der Waals surface area contributed by atoms with Crippen LogP contribution in [0.2, 0.25) is 0 Å². The second-order valence-corrected chi connectivity index (χ2v) is 2.07. The van der Waals surface area contributed by atoms with Crippen LogP contribution in [-0.2, 0) is 4.79 Å². The Kier molecular flexibility index (Phi) is 1.58. The number of hydrogen-bond acceptors (Lipinski definition) is 2. The van der Waals surface area contributed by atoms with Crippen LogP contribution in [0.25, 0.3) is 0 Å². The molecular weight excluding hydrogens is 122 g/mol. The van der Waals surface area contributed by atoms with Crippen molar-refractivity contribution in [3.05, 3.63) is 0 Å². The highest BCUT2D eigenvalue weighted by atomic mass is 32.1. The minimum absolute atomic E-state index is 0.0278. The molecule has 1 saturated carbocycles. The molecule has 0 aromatic rings. The lowest BCUT2D eigenvalue weighted by molar-refractivity contribution is -0.120. The molecule has 3 heteroatoms. The Morgan fingerprint density at radius 2 is 2.38 bits per heavy atom. The molecule has 1 fully saturated rings. The van der Waals surface area contributed by atoms with E-state index in [1.807, 2.05) is 0 Å². The van der Waals surface area contributed by atoms with Crippen LogP contribution >= 0.6 is 12.2 Å². The van der Waals surface area contributed by atoms with Gasteiger partial charge in [-0.25, -0.2) is 0 Å². The molecule has 0 aromatic carbocycles. The molecule has 1 N–H and O–H groups in total. The summed E-state index contributed by atoms with van der Waals surface area (Å²) in [6, 6.07) is 0. The second-order valence-electron chi connectivity index (χ2n) is 1.87. The number of rotatable bonds is 2. The Bertz CT molecular complexity index is 120. The van der Waals surface area contributed by atoms with Crippen LogP contribution in [0.3, 0.4) is 0 Å². The summed E-state index contributed by atoms with van der Waals surface area (Å²) in [6.07, 6.45) is 2.03. The van der Waals surface area contributed by atoms with E-state index in [9.17, 15) is 4.79 Å². The fraction of sp³-hybridized carbons (Fsp3) is 0.600. The molecule has 0 heterocycles. The van der Waals surface area contributed by atoms with Crippen molar-refractivity contribution < 1.29 is 4.79 Å². The molecule has 1 aliphatic carbocycles. The zero-order valence-electron chi connectivity index (χ0n) is 4.31. The number of carbonyl (C=O) groups excluding carboxylic acids is 1. The normalized spacial score (nSPS) is 17.5. The maximum atomic E-state index is 10.6.